The van der Waals surface area contributed by atoms with E-state index in [4.69, 9.17) is 15.9 Å². The van der Waals surface area contributed by atoms with E-state index in [1.807, 2.05) is 0 Å². The van der Waals surface area contributed by atoms with Crippen molar-refractivity contribution < 1.29 is 15.1 Å². The van der Waals surface area contributed by atoms with Crippen LogP contribution in [0.1, 0.15) is 0 Å². The van der Waals surface area contributed by atoms with Gasteiger partial charge in [0.1, 0.15) is 0 Å². The summed E-state index contributed by atoms with van der Waals surface area (Å²) >= 11 is -1.61. The van der Waals surface area contributed by atoms with Gasteiger partial charge < -0.3 is 0 Å². The van der Waals surface area contributed by atoms with Crippen molar-refractivity contribution in [3.63, 3.8) is 0 Å². The Hall–Kier alpha value is -0.812. The number of anilines is 1. The van der Waals surface area contributed by atoms with Crippen LogP contribution in [-0.4, -0.2) is 43.0 Å². The van der Waals surface area contributed by atoms with Gasteiger partial charge in [0.2, 0.25) is 0 Å². The molecule has 0 fully saturated rings. The molecule has 8 heteroatoms. The van der Waals surface area contributed by atoms with E-state index < -0.39 is 19.6 Å². The molecule has 0 aromatic heterocycles. The first-order valence-corrected chi connectivity index (χ1v) is 8.70. The molecule has 0 aliphatic carbocycles. The molecule has 0 radical (unpaired) electrons. The van der Waals surface area contributed by atoms with Crippen LogP contribution in [0.3, 0.4) is 0 Å². The van der Waals surface area contributed by atoms with Gasteiger partial charge in [-0.3, -0.25) is 0 Å². The van der Waals surface area contributed by atoms with Gasteiger partial charge in [-0.1, -0.05) is 0 Å². The normalized spacial score (nSPS) is 10.2. The summed E-state index contributed by atoms with van der Waals surface area (Å²) in [6.45, 7) is 0.0797. The summed E-state index contributed by atoms with van der Waals surface area (Å²) < 4.78 is 0.863. The van der Waals surface area contributed by atoms with E-state index in [0.29, 0.717) is 10.4 Å². The molecule has 0 aliphatic heterocycles. The number of nitro groups is 1. The number of hydrogen-bond acceptors (Lipinski definition) is 5. The number of nitro benzene ring substituents is 1. The van der Waals surface area contributed by atoms with Crippen LogP contribution >= 0.6 is 12.4 Å². The Kier molecular flexibility index (Phi) is 7.94. The number of benzene rings is 1. The van der Waals surface area contributed by atoms with Crippen molar-refractivity contribution in [3.05, 3.63) is 28.3 Å². The number of nitrogen functional groups attached to an aromatic ring is 1. The first-order chi connectivity index (χ1) is 8.10. The molecule has 0 bridgehead atoms. The van der Waals surface area contributed by atoms with Gasteiger partial charge in [-0.05, 0) is 0 Å². The molecule has 0 spiro atoms. The van der Waals surface area contributed by atoms with Gasteiger partial charge in [0.15, 0.2) is 0 Å². The standard InChI is InChI=1S/C10H15AsN2O4.ClH/c12-9-2-1-8(7-10(9)13(16)17)11(3-5-14)4-6-15;/h1-2,7,14-15H,3-6,12H2;1H. The number of halogens is 1. The molecule has 1 rings (SSSR count). The van der Waals surface area contributed by atoms with E-state index in [1.54, 1.807) is 6.07 Å². The molecule has 4 N–H and O–H groups in total. The van der Waals surface area contributed by atoms with E-state index in [1.165, 1.54) is 12.1 Å². The van der Waals surface area contributed by atoms with Crippen molar-refractivity contribution in [1.82, 2.24) is 0 Å². The van der Waals surface area contributed by atoms with Crippen LogP contribution in [0.2, 0.25) is 10.4 Å². The number of nitrogens with two attached hydrogens (primary N) is 1. The molecule has 102 valence electrons. The fourth-order valence-electron chi connectivity index (χ4n) is 1.50. The van der Waals surface area contributed by atoms with Gasteiger partial charge in [0.25, 0.3) is 0 Å². The van der Waals surface area contributed by atoms with E-state index in [2.05, 4.69) is 0 Å². The van der Waals surface area contributed by atoms with Crippen molar-refractivity contribution in [2.24, 2.45) is 0 Å². The molecule has 1 aromatic rings. The van der Waals surface area contributed by atoms with E-state index in [0.717, 1.165) is 4.35 Å². The van der Waals surface area contributed by atoms with E-state index in [9.17, 15) is 10.1 Å². The summed E-state index contributed by atoms with van der Waals surface area (Å²) in [4.78, 5) is 10.2. The molecular formula is C10H16AsClN2O4. The SMILES string of the molecule is Cl.Nc1ccc([As](CCO)CCO)cc1[N+](=O)[O-]. The average Bonchev–Trinajstić information content (AvgIpc) is 2.29. The molecule has 0 amide bonds. The van der Waals surface area contributed by atoms with Crippen LogP contribution in [-0.2, 0) is 0 Å². The average molecular weight is 339 g/mol. The first kappa shape index (κ1) is 17.2. The van der Waals surface area contributed by atoms with Gasteiger partial charge in [0, 0.05) is 0 Å². The molecule has 0 aliphatic rings. The van der Waals surface area contributed by atoms with Gasteiger partial charge in [-0.2, -0.15) is 0 Å². The molecule has 18 heavy (non-hydrogen) atoms. The molecule has 0 saturated carbocycles. The van der Waals surface area contributed by atoms with Crippen molar-refractivity contribution in [1.29, 1.82) is 0 Å². The zero-order chi connectivity index (χ0) is 12.8. The Labute approximate surface area is 116 Å². The zero-order valence-corrected chi connectivity index (χ0v) is 12.3. The topological polar surface area (TPSA) is 110 Å². The summed E-state index contributed by atoms with van der Waals surface area (Å²) in [5.41, 5.74) is 5.55. The minimum atomic E-state index is -1.61. The van der Waals surface area contributed by atoms with Gasteiger partial charge in [-0.15, -0.1) is 12.4 Å². The maximum atomic E-state index is 10.8. The molecule has 6 nitrogen and oxygen atoms in total. The Morgan fingerprint density at radius 3 is 2.28 bits per heavy atom. The van der Waals surface area contributed by atoms with Crippen LogP contribution in [0.15, 0.2) is 18.2 Å². The zero-order valence-electron chi connectivity index (χ0n) is 9.65. The number of aliphatic hydroxyl groups is 2. The van der Waals surface area contributed by atoms with Crippen LogP contribution in [0.5, 0.6) is 0 Å². The van der Waals surface area contributed by atoms with Crippen molar-refractivity contribution in [2.75, 3.05) is 18.9 Å². The molecule has 1 aromatic carbocycles. The second-order valence-corrected chi connectivity index (χ2v) is 8.66. The molecule has 0 saturated heterocycles. The third kappa shape index (κ3) is 4.46. The van der Waals surface area contributed by atoms with E-state index in [-0.39, 0.29) is 37.0 Å². The Balaban J connectivity index is 0.00000289. The number of hydrogen-bond donors (Lipinski definition) is 3. The Bertz CT molecular complexity index is 399. The van der Waals surface area contributed by atoms with Crippen LogP contribution in [0.4, 0.5) is 11.4 Å². The van der Waals surface area contributed by atoms with Gasteiger partial charge in [-0.25, -0.2) is 0 Å². The summed E-state index contributed by atoms with van der Waals surface area (Å²) in [7, 11) is 0. The van der Waals surface area contributed by atoms with E-state index >= 15 is 0 Å². The van der Waals surface area contributed by atoms with Crippen LogP contribution in [0.25, 0.3) is 0 Å². The van der Waals surface area contributed by atoms with Gasteiger partial charge in [0.05, 0.1) is 0 Å². The first-order valence-electron chi connectivity index (χ1n) is 5.10. The predicted molar refractivity (Wildman–Crippen MR) is 73.9 cm³/mol. The summed E-state index contributed by atoms with van der Waals surface area (Å²) in [6, 6.07) is 4.75. The van der Waals surface area contributed by atoms with Crippen LogP contribution < -0.4 is 10.1 Å². The quantitative estimate of drug-likeness (QED) is 0.299. The minimum absolute atomic E-state index is 0. The Morgan fingerprint density at radius 2 is 1.83 bits per heavy atom. The summed E-state index contributed by atoms with van der Waals surface area (Å²) in [5, 5.41) is 29.9. The third-order valence-electron chi connectivity index (χ3n) is 2.32. The van der Waals surface area contributed by atoms with Gasteiger partial charge >= 0.3 is 103 Å². The molecule has 0 unspecified atom stereocenters. The molecule has 0 atom stereocenters. The third-order valence-corrected chi connectivity index (χ3v) is 7.54. The number of rotatable bonds is 6. The second-order valence-electron chi connectivity index (χ2n) is 3.43. The fraction of sp³-hybridized carbons (Fsp3) is 0.400. The summed E-state index contributed by atoms with van der Waals surface area (Å²) in [6.07, 6.45) is 0. The maximum absolute atomic E-state index is 10.8. The Morgan fingerprint density at radius 1 is 1.28 bits per heavy atom. The monoisotopic (exact) mass is 338 g/mol. The summed E-state index contributed by atoms with van der Waals surface area (Å²) in [5.74, 6) is 0. The number of aliphatic hydroxyl groups excluding tert-OH is 2. The molecule has 0 heterocycles. The van der Waals surface area contributed by atoms with Crippen LogP contribution in [0, 0.1) is 10.1 Å². The molecular weight excluding hydrogens is 322 g/mol. The predicted octanol–water partition coefficient (Wildman–Crippen LogP) is 0.285. The second kappa shape index (κ2) is 8.32. The fourth-order valence-corrected chi connectivity index (χ4v) is 5.30. The number of nitrogens with zero attached hydrogens (tertiary/aromatic N) is 1. The van der Waals surface area contributed by atoms with Crippen molar-refractivity contribution in [2.45, 2.75) is 10.4 Å². The van der Waals surface area contributed by atoms with Crippen molar-refractivity contribution in [3.8, 4) is 0 Å². The van der Waals surface area contributed by atoms with Crippen molar-refractivity contribution >= 4 is 42.8 Å².